The Balaban J connectivity index is 1.51. The molecule has 0 spiro atoms. The Hall–Kier alpha value is -2.57. The van der Waals surface area contributed by atoms with Gasteiger partial charge in [-0.2, -0.15) is 0 Å². The van der Waals surface area contributed by atoms with Crippen molar-refractivity contribution in [2.24, 2.45) is 0 Å². The van der Waals surface area contributed by atoms with E-state index in [4.69, 9.17) is 5.11 Å². The van der Waals surface area contributed by atoms with Crippen molar-refractivity contribution in [3.63, 3.8) is 0 Å². The molecule has 1 aromatic rings. The molecular weight excluding hydrogens is 370 g/mol. The van der Waals surface area contributed by atoms with Crippen LogP contribution in [0.1, 0.15) is 49.7 Å². The topological polar surface area (TPSA) is 90.0 Å². The molecule has 0 bridgehead atoms. The summed E-state index contributed by atoms with van der Waals surface area (Å²) in [4.78, 5) is 39.6. The van der Waals surface area contributed by atoms with Crippen LogP contribution >= 0.6 is 0 Å². The molecule has 2 aliphatic rings. The van der Waals surface area contributed by atoms with Gasteiger partial charge in [-0.3, -0.25) is 14.4 Å². The minimum Gasteiger partial charge on any atom is -0.481 e. The first kappa shape index (κ1) is 21.1. The van der Waals surface area contributed by atoms with Crippen LogP contribution in [0.5, 0.6) is 0 Å². The van der Waals surface area contributed by atoms with Crippen LogP contribution in [0.3, 0.4) is 0 Å². The van der Waals surface area contributed by atoms with Crippen LogP contribution in [0.15, 0.2) is 18.2 Å². The van der Waals surface area contributed by atoms with Gasteiger partial charge in [-0.25, -0.2) is 0 Å². The second-order valence-corrected chi connectivity index (χ2v) is 8.36. The van der Waals surface area contributed by atoms with Gasteiger partial charge in [0.25, 0.3) is 0 Å². The van der Waals surface area contributed by atoms with E-state index in [1.165, 1.54) is 16.8 Å². The number of nitrogens with one attached hydrogen (secondary N) is 1. The number of aliphatic carboxylic acids is 1. The summed E-state index contributed by atoms with van der Waals surface area (Å²) in [6, 6.07) is 6.46. The van der Waals surface area contributed by atoms with Crippen LogP contribution in [-0.4, -0.2) is 59.5 Å². The fourth-order valence-electron chi connectivity index (χ4n) is 4.26. The summed E-state index contributed by atoms with van der Waals surface area (Å²) in [5.41, 5.74) is 3.19. The van der Waals surface area contributed by atoms with Crippen molar-refractivity contribution >= 4 is 23.5 Å². The van der Waals surface area contributed by atoms with Crippen LogP contribution < -0.4 is 10.2 Å². The zero-order valence-corrected chi connectivity index (χ0v) is 17.4. The molecule has 0 unspecified atom stereocenters. The van der Waals surface area contributed by atoms with Gasteiger partial charge in [-0.15, -0.1) is 0 Å². The lowest BCUT2D eigenvalue weighted by atomic mass is 9.86. The molecule has 0 saturated carbocycles. The van der Waals surface area contributed by atoms with Gasteiger partial charge in [0.05, 0.1) is 0 Å². The molecule has 158 valence electrons. The summed E-state index contributed by atoms with van der Waals surface area (Å²) in [5.74, 6) is -0.843. The predicted molar refractivity (Wildman–Crippen MR) is 111 cm³/mol. The molecular formula is C22H31N3O4. The van der Waals surface area contributed by atoms with Crippen molar-refractivity contribution in [3.05, 3.63) is 29.3 Å². The molecule has 1 aromatic carbocycles. The van der Waals surface area contributed by atoms with E-state index in [2.05, 4.69) is 42.3 Å². The van der Waals surface area contributed by atoms with Gasteiger partial charge < -0.3 is 20.2 Å². The van der Waals surface area contributed by atoms with E-state index >= 15 is 0 Å². The highest BCUT2D eigenvalue weighted by atomic mass is 16.4. The van der Waals surface area contributed by atoms with Crippen LogP contribution in [0, 0.1) is 13.8 Å². The number of carbonyl (C=O) groups is 3. The maximum absolute atomic E-state index is 12.7. The van der Waals surface area contributed by atoms with Crippen LogP contribution in [0.25, 0.3) is 0 Å². The van der Waals surface area contributed by atoms with E-state index in [1.807, 2.05) is 4.90 Å². The largest absolute Gasteiger partial charge is 0.481 e. The number of anilines is 1. The average molecular weight is 402 g/mol. The van der Waals surface area contributed by atoms with Crippen molar-refractivity contribution in [3.8, 4) is 0 Å². The molecule has 0 aromatic heterocycles. The fraction of sp³-hybridized carbons (Fsp3) is 0.591. The summed E-state index contributed by atoms with van der Waals surface area (Å²) in [7, 11) is 0. The molecule has 7 heteroatoms. The Morgan fingerprint density at radius 2 is 1.76 bits per heavy atom. The molecule has 29 heavy (non-hydrogen) atoms. The third-order valence-electron chi connectivity index (χ3n) is 6.36. The first-order valence-corrected chi connectivity index (χ1v) is 10.4. The van der Waals surface area contributed by atoms with Crippen molar-refractivity contribution in [1.82, 2.24) is 10.2 Å². The smallest absolute Gasteiger partial charge is 0.303 e. The Morgan fingerprint density at radius 3 is 2.34 bits per heavy atom. The molecule has 1 atom stereocenters. The lowest BCUT2D eigenvalue weighted by molar-refractivity contribution is -0.137. The molecule has 2 fully saturated rings. The lowest BCUT2D eigenvalue weighted by Gasteiger charge is -2.37. The highest BCUT2D eigenvalue weighted by molar-refractivity contribution is 5.80. The predicted octanol–water partition coefficient (Wildman–Crippen LogP) is 2.25. The molecule has 2 saturated heterocycles. The molecule has 2 heterocycles. The number of carboxylic acids is 1. The van der Waals surface area contributed by atoms with Gasteiger partial charge >= 0.3 is 5.97 Å². The normalized spacial score (nSPS) is 21.9. The standard InChI is InChI=1S/C22H31N3O4/c1-16-3-4-18(15-17(16)2)24-11-13-25(14-12-24)20(27)6-9-22(10-7-21(28)29)8-5-19(26)23-22/h3-4,15H,5-14H2,1-2H3,(H,23,26)(H,28,29)/t22-/m0/s1. The average Bonchev–Trinajstić information content (AvgIpc) is 3.08. The van der Waals surface area contributed by atoms with Gasteiger partial charge in [0.15, 0.2) is 0 Å². The molecule has 0 aliphatic carbocycles. The van der Waals surface area contributed by atoms with E-state index in [-0.39, 0.29) is 18.2 Å². The molecule has 7 nitrogen and oxygen atoms in total. The highest BCUT2D eigenvalue weighted by Gasteiger charge is 2.38. The van der Waals surface area contributed by atoms with Gasteiger partial charge in [-0.1, -0.05) is 6.07 Å². The molecule has 3 rings (SSSR count). The van der Waals surface area contributed by atoms with E-state index in [0.717, 1.165) is 13.1 Å². The lowest BCUT2D eigenvalue weighted by Crippen LogP contribution is -2.49. The number of rotatable bonds is 7. The van der Waals surface area contributed by atoms with E-state index in [9.17, 15) is 14.4 Å². The number of benzene rings is 1. The second-order valence-electron chi connectivity index (χ2n) is 8.36. The number of nitrogens with zero attached hydrogens (tertiary/aromatic N) is 2. The quantitative estimate of drug-likeness (QED) is 0.731. The highest BCUT2D eigenvalue weighted by Crippen LogP contribution is 2.30. The van der Waals surface area contributed by atoms with Crippen LogP contribution in [0.4, 0.5) is 5.69 Å². The summed E-state index contributed by atoms with van der Waals surface area (Å²) >= 11 is 0. The fourth-order valence-corrected chi connectivity index (χ4v) is 4.26. The number of piperazine rings is 1. The number of aryl methyl sites for hydroxylation is 2. The van der Waals surface area contributed by atoms with E-state index in [0.29, 0.717) is 45.2 Å². The van der Waals surface area contributed by atoms with Gasteiger partial charge in [0, 0.05) is 56.7 Å². The van der Waals surface area contributed by atoms with Crippen molar-refractivity contribution in [2.45, 2.75) is 57.9 Å². The minimum absolute atomic E-state index is 0.00309. The second kappa shape index (κ2) is 8.84. The van der Waals surface area contributed by atoms with Crippen LogP contribution in [0.2, 0.25) is 0 Å². The molecule has 2 N–H and O–H groups in total. The van der Waals surface area contributed by atoms with Crippen LogP contribution in [-0.2, 0) is 14.4 Å². The third kappa shape index (κ3) is 5.28. The van der Waals surface area contributed by atoms with E-state index < -0.39 is 11.5 Å². The first-order valence-electron chi connectivity index (χ1n) is 10.4. The maximum atomic E-state index is 12.7. The minimum atomic E-state index is -0.876. The van der Waals surface area contributed by atoms with Gasteiger partial charge in [-0.05, 0) is 56.4 Å². The maximum Gasteiger partial charge on any atom is 0.303 e. The Morgan fingerprint density at radius 1 is 1.07 bits per heavy atom. The summed E-state index contributed by atoms with van der Waals surface area (Å²) in [5, 5.41) is 11.9. The number of hydrogen-bond acceptors (Lipinski definition) is 4. The Labute approximate surface area is 172 Å². The molecule has 2 amide bonds. The number of carboxylic acid groups (broad SMARTS) is 1. The zero-order valence-electron chi connectivity index (χ0n) is 17.4. The van der Waals surface area contributed by atoms with Crippen molar-refractivity contribution < 1.29 is 19.5 Å². The Bertz CT molecular complexity index is 786. The summed E-state index contributed by atoms with van der Waals surface area (Å²) in [6.07, 6.45) is 2.23. The monoisotopic (exact) mass is 401 g/mol. The van der Waals surface area contributed by atoms with Crippen molar-refractivity contribution in [2.75, 3.05) is 31.1 Å². The van der Waals surface area contributed by atoms with Gasteiger partial charge in [0.1, 0.15) is 0 Å². The molecule has 2 aliphatic heterocycles. The SMILES string of the molecule is Cc1ccc(N2CCN(C(=O)CC[C@]3(CCC(=O)O)CCC(=O)N3)CC2)cc1C. The first-order chi connectivity index (χ1) is 13.8. The third-order valence-corrected chi connectivity index (χ3v) is 6.36. The number of carbonyl (C=O) groups excluding carboxylic acids is 2. The number of amides is 2. The van der Waals surface area contributed by atoms with E-state index in [1.54, 1.807) is 0 Å². The molecule has 0 radical (unpaired) electrons. The summed E-state index contributed by atoms with van der Waals surface area (Å²) < 4.78 is 0. The van der Waals surface area contributed by atoms with Crippen molar-refractivity contribution in [1.29, 1.82) is 0 Å². The van der Waals surface area contributed by atoms with Gasteiger partial charge in [0.2, 0.25) is 11.8 Å². The number of hydrogen-bond donors (Lipinski definition) is 2. The Kier molecular flexibility index (Phi) is 6.45. The zero-order chi connectivity index (χ0) is 21.0. The summed E-state index contributed by atoms with van der Waals surface area (Å²) in [6.45, 7) is 7.18.